The third-order valence-electron chi connectivity index (χ3n) is 3.21. The van der Waals surface area contributed by atoms with Crippen LogP contribution >= 0.6 is 22.9 Å². The van der Waals surface area contributed by atoms with Gasteiger partial charge in [-0.1, -0.05) is 25.4 Å². The zero-order chi connectivity index (χ0) is 11.0. The van der Waals surface area contributed by atoms with Crippen molar-refractivity contribution in [3.8, 4) is 0 Å². The van der Waals surface area contributed by atoms with E-state index in [1.807, 2.05) is 0 Å². The van der Waals surface area contributed by atoms with Crippen molar-refractivity contribution in [3.05, 3.63) is 20.8 Å². The zero-order valence-corrected chi connectivity index (χ0v) is 11.1. The number of rotatable bonds is 4. The smallest absolute Gasteiger partial charge is 0.0960 e. The van der Waals surface area contributed by atoms with E-state index in [4.69, 9.17) is 11.6 Å². The Kier molecular flexibility index (Phi) is 3.39. The van der Waals surface area contributed by atoms with Gasteiger partial charge in [0, 0.05) is 10.9 Å². The van der Waals surface area contributed by atoms with Gasteiger partial charge in [-0.05, 0) is 43.4 Å². The summed E-state index contributed by atoms with van der Waals surface area (Å²) in [6.45, 7) is 7.61. The van der Waals surface area contributed by atoms with Gasteiger partial charge in [0.15, 0.2) is 0 Å². The zero-order valence-electron chi connectivity index (χ0n) is 9.51. The fraction of sp³-hybridized carbons (Fsp3) is 0.667. The number of halogens is 1. The molecule has 2 rings (SSSR count). The Morgan fingerprint density at radius 2 is 2.33 bits per heavy atom. The largest absolute Gasteiger partial charge is 0.309 e. The van der Waals surface area contributed by atoms with E-state index in [0.29, 0.717) is 6.04 Å². The third kappa shape index (κ3) is 2.38. The molecule has 1 aliphatic rings. The molecule has 84 valence electrons. The molecule has 1 saturated carbocycles. The van der Waals surface area contributed by atoms with Crippen LogP contribution in [0.25, 0.3) is 0 Å². The summed E-state index contributed by atoms with van der Waals surface area (Å²) in [4.78, 5) is 1.41. The number of aryl methyl sites for hydroxylation is 1. The molecule has 3 heteroatoms. The molecule has 3 unspecified atom stereocenters. The first-order chi connectivity index (χ1) is 7.13. The molecule has 1 aliphatic carbocycles. The number of hydrogen-bond donors (Lipinski definition) is 1. The highest BCUT2D eigenvalue weighted by molar-refractivity contribution is 7.16. The molecule has 3 atom stereocenters. The van der Waals surface area contributed by atoms with Crippen molar-refractivity contribution in [2.45, 2.75) is 33.2 Å². The van der Waals surface area contributed by atoms with Crippen LogP contribution in [0.3, 0.4) is 0 Å². The van der Waals surface area contributed by atoms with E-state index in [2.05, 4.69) is 32.2 Å². The summed E-state index contributed by atoms with van der Waals surface area (Å²) >= 11 is 7.86. The minimum absolute atomic E-state index is 0.529. The van der Waals surface area contributed by atoms with E-state index in [9.17, 15) is 0 Å². The van der Waals surface area contributed by atoms with Gasteiger partial charge in [0.05, 0.1) is 4.34 Å². The highest BCUT2D eigenvalue weighted by Crippen LogP contribution is 2.49. The fourth-order valence-corrected chi connectivity index (χ4v) is 3.50. The number of nitrogens with one attached hydrogen (secondary N) is 1. The van der Waals surface area contributed by atoms with E-state index in [0.717, 1.165) is 22.7 Å². The lowest BCUT2D eigenvalue weighted by atomic mass is 10.1. The highest BCUT2D eigenvalue weighted by atomic mass is 35.5. The predicted molar refractivity (Wildman–Crippen MR) is 67.8 cm³/mol. The number of thiophene rings is 1. The van der Waals surface area contributed by atoms with Crippen molar-refractivity contribution in [3.63, 3.8) is 0 Å². The summed E-state index contributed by atoms with van der Waals surface area (Å²) in [7, 11) is 0. The topological polar surface area (TPSA) is 12.0 Å². The number of hydrogen-bond acceptors (Lipinski definition) is 2. The molecule has 0 aromatic carbocycles. The van der Waals surface area contributed by atoms with Gasteiger partial charge < -0.3 is 5.32 Å². The molecular weight excluding hydrogens is 226 g/mol. The lowest BCUT2D eigenvalue weighted by molar-refractivity contribution is 0.482. The maximum atomic E-state index is 6.13. The van der Waals surface area contributed by atoms with Gasteiger partial charge in [0.1, 0.15) is 0 Å². The maximum Gasteiger partial charge on any atom is 0.0960 e. The second-order valence-corrected chi connectivity index (χ2v) is 6.20. The molecule has 15 heavy (non-hydrogen) atoms. The predicted octanol–water partition coefficient (Wildman–Crippen LogP) is 4.02. The maximum absolute atomic E-state index is 6.13. The van der Waals surface area contributed by atoms with E-state index < -0.39 is 0 Å². The molecule has 1 nitrogen and oxygen atoms in total. The van der Waals surface area contributed by atoms with Crippen molar-refractivity contribution in [2.24, 2.45) is 11.8 Å². The van der Waals surface area contributed by atoms with Crippen LogP contribution in [-0.2, 0) is 0 Å². The molecule has 1 heterocycles. The van der Waals surface area contributed by atoms with E-state index >= 15 is 0 Å². The summed E-state index contributed by atoms with van der Waals surface area (Å²) in [5, 5.41) is 3.58. The van der Waals surface area contributed by atoms with Crippen LogP contribution in [-0.4, -0.2) is 6.54 Å². The Hall–Kier alpha value is -0.0500. The molecule has 0 amide bonds. The molecule has 1 N–H and O–H groups in total. The average Bonchev–Trinajstić information content (AvgIpc) is 2.81. The minimum atomic E-state index is 0.529. The quantitative estimate of drug-likeness (QED) is 0.843. The summed E-state index contributed by atoms with van der Waals surface area (Å²) in [5.74, 6) is 1.69. The van der Waals surface area contributed by atoms with Gasteiger partial charge >= 0.3 is 0 Å². The normalized spacial score (nSPS) is 26.7. The lowest BCUT2D eigenvalue weighted by Crippen LogP contribution is -2.22. The van der Waals surface area contributed by atoms with Crippen molar-refractivity contribution >= 4 is 22.9 Å². The summed E-state index contributed by atoms with van der Waals surface area (Å²) in [5.41, 5.74) is 1.22. The Labute approximate surface area is 101 Å². The molecule has 0 spiro atoms. The molecule has 0 saturated heterocycles. The van der Waals surface area contributed by atoms with Gasteiger partial charge in [-0.2, -0.15) is 0 Å². The molecular formula is C12H18ClNS. The third-order valence-corrected chi connectivity index (χ3v) is 4.84. The van der Waals surface area contributed by atoms with Gasteiger partial charge in [0.25, 0.3) is 0 Å². The van der Waals surface area contributed by atoms with Crippen LogP contribution in [0.2, 0.25) is 4.34 Å². The molecule has 0 bridgehead atoms. The van der Waals surface area contributed by atoms with Crippen LogP contribution in [0.4, 0.5) is 0 Å². The van der Waals surface area contributed by atoms with Crippen molar-refractivity contribution < 1.29 is 0 Å². The van der Waals surface area contributed by atoms with Crippen LogP contribution in [0.5, 0.6) is 0 Å². The molecule has 1 aromatic heterocycles. The Balaban J connectivity index is 2.16. The van der Waals surface area contributed by atoms with E-state index in [-0.39, 0.29) is 0 Å². The lowest BCUT2D eigenvalue weighted by Gasteiger charge is -2.15. The Morgan fingerprint density at radius 3 is 2.73 bits per heavy atom. The monoisotopic (exact) mass is 243 g/mol. The van der Waals surface area contributed by atoms with Crippen LogP contribution < -0.4 is 5.32 Å². The van der Waals surface area contributed by atoms with Crippen LogP contribution in [0, 0.1) is 18.8 Å². The van der Waals surface area contributed by atoms with E-state index in [1.165, 1.54) is 16.9 Å². The Morgan fingerprint density at radius 1 is 1.67 bits per heavy atom. The van der Waals surface area contributed by atoms with E-state index in [1.54, 1.807) is 11.3 Å². The summed E-state index contributed by atoms with van der Waals surface area (Å²) in [6, 6.07) is 2.77. The first kappa shape index (κ1) is 11.4. The first-order valence-electron chi connectivity index (χ1n) is 5.62. The highest BCUT2D eigenvalue weighted by Gasteiger charge is 2.40. The van der Waals surface area contributed by atoms with Crippen LogP contribution in [0.15, 0.2) is 6.07 Å². The standard InChI is InChI=1S/C12H18ClNS/c1-4-14-11(9-5-7(9)2)10-6-8(3)12(13)15-10/h6-7,9,11,14H,4-5H2,1-3H3. The second kappa shape index (κ2) is 4.44. The van der Waals surface area contributed by atoms with Crippen molar-refractivity contribution in [1.29, 1.82) is 0 Å². The SMILES string of the molecule is CCNC(c1cc(C)c(Cl)s1)C1CC1C. The van der Waals surface area contributed by atoms with Crippen molar-refractivity contribution in [2.75, 3.05) is 6.54 Å². The minimum Gasteiger partial charge on any atom is -0.309 e. The van der Waals surface area contributed by atoms with Gasteiger partial charge in [-0.3, -0.25) is 0 Å². The van der Waals surface area contributed by atoms with Gasteiger partial charge in [-0.25, -0.2) is 0 Å². The van der Waals surface area contributed by atoms with Gasteiger partial charge in [0.2, 0.25) is 0 Å². The molecule has 1 fully saturated rings. The Bertz CT molecular complexity index is 328. The molecule has 1 aromatic rings. The molecule has 0 aliphatic heterocycles. The fourth-order valence-electron chi connectivity index (χ4n) is 2.14. The molecule has 0 radical (unpaired) electrons. The first-order valence-corrected chi connectivity index (χ1v) is 6.82. The summed E-state index contributed by atoms with van der Waals surface area (Å²) < 4.78 is 0.946. The van der Waals surface area contributed by atoms with Gasteiger partial charge in [-0.15, -0.1) is 11.3 Å². The van der Waals surface area contributed by atoms with Crippen LogP contribution in [0.1, 0.15) is 36.8 Å². The van der Waals surface area contributed by atoms with Crippen molar-refractivity contribution in [1.82, 2.24) is 5.32 Å². The second-order valence-electron chi connectivity index (χ2n) is 4.52. The average molecular weight is 244 g/mol. The summed E-state index contributed by atoms with van der Waals surface area (Å²) in [6.07, 6.45) is 1.35.